The van der Waals surface area contributed by atoms with Gasteiger partial charge in [-0.2, -0.15) is 0 Å². The van der Waals surface area contributed by atoms with Crippen LogP contribution in [0.15, 0.2) is 0 Å². The molecule has 0 aromatic carbocycles. The van der Waals surface area contributed by atoms with Gasteiger partial charge in [-0.05, 0) is 50.7 Å². The molecule has 0 spiro atoms. The predicted molar refractivity (Wildman–Crippen MR) is 60.5 cm³/mol. The molecule has 1 saturated carbocycles. The molecule has 0 bridgehead atoms. The van der Waals surface area contributed by atoms with E-state index in [9.17, 15) is 0 Å². The smallest absolute Gasteiger partial charge is 0.00682 e. The maximum atomic E-state index is 3.57. The lowest BCUT2D eigenvalue weighted by atomic mass is 9.93. The van der Waals surface area contributed by atoms with E-state index in [1.54, 1.807) is 0 Å². The minimum absolute atomic E-state index is 0.573. The van der Waals surface area contributed by atoms with Crippen LogP contribution in [0.3, 0.4) is 0 Å². The van der Waals surface area contributed by atoms with Gasteiger partial charge in [0.2, 0.25) is 0 Å². The monoisotopic (exact) mass is 196 g/mol. The Morgan fingerprint density at radius 3 is 2.71 bits per heavy atom. The first kappa shape index (κ1) is 10.4. The quantitative estimate of drug-likeness (QED) is 0.675. The maximum absolute atomic E-state index is 3.57. The van der Waals surface area contributed by atoms with Crippen LogP contribution in [0.1, 0.15) is 39.5 Å². The van der Waals surface area contributed by atoms with Crippen molar-refractivity contribution in [2.75, 3.05) is 26.2 Å². The first-order chi connectivity index (χ1) is 6.66. The van der Waals surface area contributed by atoms with Crippen LogP contribution >= 0.6 is 0 Å². The van der Waals surface area contributed by atoms with Crippen LogP contribution in [-0.4, -0.2) is 37.1 Å². The molecule has 0 radical (unpaired) electrons. The van der Waals surface area contributed by atoms with E-state index >= 15 is 0 Å². The third-order valence-electron chi connectivity index (χ3n) is 3.42. The number of hydrogen-bond acceptors (Lipinski definition) is 2. The number of likely N-dealkylation sites (tertiary alicyclic amines) is 1. The lowest BCUT2D eigenvalue weighted by molar-refractivity contribution is 0.286. The van der Waals surface area contributed by atoms with Crippen LogP contribution < -0.4 is 5.32 Å². The molecule has 0 aromatic rings. The van der Waals surface area contributed by atoms with E-state index in [0.717, 1.165) is 6.04 Å². The molecule has 82 valence electrons. The van der Waals surface area contributed by atoms with Crippen molar-refractivity contribution in [3.63, 3.8) is 0 Å². The predicted octanol–water partition coefficient (Wildman–Crippen LogP) is 1.86. The average Bonchev–Trinajstić information content (AvgIpc) is 2.86. The molecule has 14 heavy (non-hydrogen) atoms. The number of rotatable bonds is 5. The molecular formula is C12H24N2. The summed E-state index contributed by atoms with van der Waals surface area (Å²) in [7, 11) is 0. The Morgan fingerprint density at radius 1 is 1.36 bits per heavy atom. The summed E-state index contributed by atoms with van der Waals surface area (Å²) in [6, 6.07) is 0.880. The van der Waals surface area contributed by atoms with Gasteiger partial charge in [0, 0.05) is 12.6 Å². The Labute approximate surface area is 88.1 Å². The van der Waals surface area contributed by atoms with Crippen molar-refractivity contribution in [2.45, 2.75) is 45.6 Å². The van der Waals surface area contributed by atoms with Crippen LogP contribution in [0.25, 0.3) is 0 Å². The van der Waals surface area contributed by atoms with Gasteiger partial charge in [0.25, 0.3) is 0 Å². The lowest BCUT2D eigenvalue weighted by Crippen LogP contribution is -2.27. The third kappa shape index (κ3) is 3.25. The minimum Gasteiger partial charge on any atom is -0.314 e. The summed E-state index contributed by atoms with van der Waals surface area (Å²) < 4.78 is 0. The fourth-order valence-electron chi connectivity index (χ4n) is 2.31. The molecule has 0 unspecified atom stereocenters. The zero-order chi connectivity index (χ0) is 10.0. The summed E-state index contributed by atoms with van der Waals surface area (Å²) in [6.07, 6.45) is 5.53. The zero-order valence-electron chi connectivity index (χ0n) is 9.68. The minimum atomic E-state index is 0.573. The van der Waals surface area contributed by atoms with Crippen molar-refractivity contribution in [1.82, 2.24) is 10.2 Å². The Hall–Kier alpha value is -0.0800. The number of nitrogens with zero attached hydrogens (tertiary/aromatic N) is 1. The Bertz CT molecular complexity index is 185. The zero-order valence-corrected chi connectivity index (χ0v) is 9.68. The SMILES string of the molecule is CC1(C)CCN(CCCNC2CC2)C1. The summed E-state index contributed by atoms with van der Waals surface area (Å²) >= 11 is 0. The van der Waals surface area contributed by atoms with Crippen LogP contribution in [0.4, 0.5) is 0 Å². The van der Waals surface area contributed by atoms with E-state index < -0.39 is 0 Å². The molecular weight excluding hydrogens is 172 g/mol. The second-order valence-corrected chi connectivity index (χ2v) is 5.77. The molecule has 1 heterocycles. The highest BCUT2D eigenvalue weighted by Crippen LogP contribution is 2.28. The Balaban J connectivity index is 1.52. The van der Waals surface area contributed by atoms with Gasteiger partial charge in [-0.3, -0.25) is 0 Å². The molecule has 2 fully saturated rings. The number of hydrogen-bond donors (Lipinski definition) is 1. The maximum Gasteiger partial charge on any atom is 0.00682 e. The van der Waals surface area contributed by atoms with Gasteiger partial charge in [0.05, 0.1) is 0 Å². The van der Waals surface area contributed by atoms with E-state index in [1.165, 1.54) is 51.9 Å². The topological polar surface area (TPSA) is 15.3 Å². The number of nitrogens with one attached hydrogen (secondary N) is 1. The van der Waals surface area contributed by atoms with Crippen LogP contribution in [0, 0.1) is 5.41 Å². The fourth-order valence-corrected chi connectivity index (χ4v) is 2.31. The van der Waals surface area contributed by atoms with Gasteiger partial charge in [-0.15, -0.1) is 0 Å². The van der Waals surface area contributed by atoms with Crippen LogP contribution in [-0.2, 0) is 0 Å². The highest BCUT2D eigenvalue weighted by atomic mass is 15.2. The Morgan fingerprint density at radius 2 is 2.14 bits per heavy atom. The molecule has 2 heteroatoms. The van der Waals surface area contributed by atoms with Gasteiger partial charge in [0.1, 0.15) is 0 Å². The molecule has 1 aliphatic heterocycles. The lowest BCUT2D eigenvalue weighted by Gasteiger charge is -2.19. The Kier molecular flexibility index (Phi) is 3.13. The molecule has 0 aromatic heterocycles. The fraction of sp³-hybridized carbons (Fsp3) is 1.00. The van der Waals surface area contributed by atoms with E-state index in [-0.39, 0.29) is 0 Å². The van der Waals surface area contributed by atoms with Gasteiger partial charge >= 0.3 is 0 Å². The highest BCUT2D eigenvalue weighted by Gasteiger charge is 2.28. The van der Waals surface area contributed by atoms with Crippen molar-refractivity contribution in [3.05, 3.63) is 0 Å². The standard InChI is InChI=1S/C12H24N2/c1-12(2)6-9-14(10-12)8-3-7-13-11-4-5-11/h11,13H,3-10H2,1-2H3. The van der Waals surface area contributed by atoms with Gasteiger partial charge in [-0.1, -0.05) is 13.8 Å². The summed E-state index contributed by atoms with van der Waals surface area (Å²) in [6.45, 7) is 9.91. The molecule has 2 aliphatic rings. The van der Waals surface area contributed by atoms with Crippen LogP contribution in [0.2, 0.25) is 0 Å². The third-order valence-corrected chi connectivity index (χ3v) is 3.42. The van der Waals surface area contributed by atoms with Crippen molar-refractivity contribution in [2.24, 2.45) is 5.41 Å². The molecule has 1 N–H and O–H groups in total. The van der Waals surface area contributed by atoms with Gasteiger partial charge in [-0.25, -0.2) is 0 Å². The second-order valence-electron chi connectivity index (χ2n) is 5.77. The molecule has 2 rings (SSSR count). The summed E-state index contributed by atoms with van der Waals surface area (Å²) in [4.78, 5) is 2.62. The van der Waals surface area contributed by atoms with E-state index in [4.69, 9.17) is 0 Å². The summed E-state index contributed by atoms with van der Waals surface area (Å²) in [5, 5.41) is 3.57. The molecule has 0 atom stereocenters. The second kappa shape index (κ2) is 4.19. The van der Waals surface area contributed by atoms with Crippen molar-refractivity contribution < 1.29 is 0 Å². The van der Waals surface area contributed by atoms with E-state index in [2.05, 4.69) is 24.1 Å². The van der Waals surface area contributed by atoms with Crippen LogP contribution in [0.5, 0.6) is 0 Å². The summed E-state index contributed by atoms with van der Waals surface area (Å²) in [5.74, 6) is 0. The average molecular weight is 196 g/mol. The van der Waals surface area contributed by atoms with E-state index in [0.29, 0.717) is 5.41 Å². The van der Waals surface area contributed by atoms with Crippen molar-refractivity contribution >= 4 is 0 Å². The molecule has 1 aliphatic carbocycles. The largest absolute Gasteiger partial charge is 0.314 e. The van der Waals surface area contributed by atoms with Gasteiger partial charge < -0.3 is 10.2 Å². The van der Waals surface area contributed by atoms with Crippen molar-refractivity contribution in [3.8, 4) is 0 Å². The molecule has 2 nitrogen and oxygen atoms in total. The molecule has 0 amide bonds. The first-order valence-electron chi connectivity index (χ1n) is 6.11. The van der Waals surface area contributed by atoms with E-state index in [1.807, 2.05) is 0 Å². The molecule has 1 saturated heterocycles. The first-order valence-corrected chi connectivity index (χ1v) is 6.11. The highest BCUT2D eigenvalue weighted by molar-refractivity contribution is 4.83. The van der Waals surface area contributed by atoms with Crippen molar-refractivity contribution in [1.29, 1.82) is 0 Å². The normalized spacial score (nSPS) is 27.0. The van der Waals surface area contributed by atoms with Gasteiger partial charge in [0.15, 0.2) is 0 Å². The summed E-state index contributed by atoms with van der Waals surface area (Å²) in [5.41, 5.74) is 0.573.